The summed E-state index contributed by atoms with van der Waals surface area (Å²) in [5.74, 6) is -0.274. The SMILES string of the molecule is COc1ccc(C2C(CCC(O[Si](C)(C)C(C)(C)C)c3ccc(F)cc3)C(=O)N2c2ccc(C(O)C(=O)c3ccccc3)cc2)cc1. The van der Waals surface area contributed by atoms with E-state index in [9.17, 15) is 19.1 Å². The van der Waals surface area contributed by atoms with Gasteiger partial charge in [0, 0.05) is 11.3 Å². The Morgan fingerprint density at radius 2 is 1.49 bits per heavy atom. The van der Waals surface area contributed by atoms with Gasteiger partial charge in [-0.2, -0.15) is 0 Å². The van der Waals surface area contributed by atoms with Crippen LogP contribution in [-0.2, 0) is 9.22 Å². The maximum Gasteiger partial charge on any atom is 0.233 e. The maximum atomic E-state index is 13.9. The van der Waals surface area contributed by atoms with E-state index in [2.05, 4.69) is 33.9 Å². The van der Waals surface area contributed by atoms with Crippen molar-refractivity contribution < 1.29 is 28.2 Å². The lowest BCUT2D eigenvalue weighted by Crippen LogP contribution is -2.55. The number of rotatable bonds is 12. The van der Waals surface area contributed by atoms with Crippen LogP contribution >= 0.6 is 0 Å². The van der Waals surface area contributed by atoms with Crippen molar-refractivity contribution in [3.63, 3.8) is 0 Å². The Morgan fingerprint density at radius 3 is 2.06 bits per heavy atom. The Bertz CT molecular complexity index is 1670. The lowest BCUT2D eigenvalue weighted by Gasteiger charge is -2.48. The molecule has 47 heavy (non-hydrogen) atoms. The van der Waals surface area contributed by atoms with Gasteiger partial charge in [-0.1, -0.05) is 87.5 Å². The Balaban J connectivity index is 1.40. The molecule has 5 rings (SSSR count). The van der Waals surface area contributed by atoms with Gasteiger partial charge in [-0.05, 0) is 84.1 Å². The molecule has 8 heteroatoms. The summed E-state index contributed by atoms with van der Waals surface area (Å²) in [5.41, 5.74) is 3.45. The number of ether oxygens (including phenoxy) is 1. The van der Waals surface area contributed by atoms with E-state index in [1.165, 1.54) is 12.1 Å². The Labute approximate surface area is 278 Å². The second-order valence-corrected chi connectivity index (χ2v) is 18.5. The molecule has 0 spiro atoms. The summed E-state index contributed by atoms with van der Waals surface area (Å²) in [7, 11) is -0.577. The molecule has 0 saturated carbocycles. The van der Waals surface area contributed by atoms with Crippen molar-refractivity contribution in [3.8, 4) is 5.75 Å². The summed E-state index contributed by atoms with van der Waals surface area (Å²) in [6.07, 6.45) is -0.418. The number of β-lactam (4-membered cyclic amide) rings is 1. The Morgan fingerprint density at radius 1 is 0.894 bits per heavy atom. The molecule has 4 aromatic rings. The van der Waals surface area contributed by atoms with Crippen LogP contribution in [0.2, 0.25) is 18.1 Å². The molecule has 1 N–H and O–H groups in total. The fourth-order valence-electron chi connectivity index (χ4n) is 5.86. The second-order valence-electron chi connectivity index (χ2n) is 13.8. The van der Waals surface area contributed by atoms with Crippen LogP contribution in [0, 0.1) is 11.7 Å². The molecule has 6 nitrogen and oxygen atoms in total. The van der Waals surface area contributed by atoms with Gasteiger partial charge in [-0.3, -0.25) is 9.59 Å². The molecule has 4 atom stereocenters. The van der Waals surface area contributed by atoms with Crippen molar-refractivity contribution in [2.45, 2.75) is 70.0 Å². The van der Waals surface area contributed by atoms with Gasteiger partial charge < -0.3 is 19.2 Å². The van der Waals surface area contributed by atoms with Gasteiger partial charge in [0.25, 0.3) is 0 Å². The van der Waals surface area contributed by atoms with E-state index in [0.29, 0.717) is 29.7 Å². The summed E-state index contributed by atoms with van der Waals surface area (Å²) in [4.78, 5) is 28.6. The molecule has 246 valence electrons. The summed E-state index contributed by atoms with van der Waals surface area (Å²) in [6.45, 7) is 11.0. The van der Waals surface area contributed by atoms with Crippen LogP contribution in [0.5, 0.6) is 5.75 Å². The molecule has 4 unspecified atom stereocenters. The highest BCUT2D eigenvalue weighted by Gasteiger charge is 2.49. The molecule has 1 saturated heterocycles. The number of nitrogens with zero attached hydrogens (tertiary/aromatic N) is 1. The summed E-state index contributed by atoms with van der Waals surface area (Å²) < 4.78 is 26.1. The fourth-order valence-corrected chi connectivity index (χ4v) is 7.18. The lowest BCUT2D eigenvalue weighted by molar-refractivity contribution is -0.131. The molecule has 4 aromatic carbocycles. The van der Waals surface area contributed by atoms with Crippen LogP contribution in [0.4, 0.5) is 10.1 Å². The molecule has 1 fully saturated rings. The Kier molecular flexibility index (Phi) is 10.1. The predicted molar refractivity (Wildman–Crippen MR) is 186 cm³/mol. The van der Waals surface area contributed by atoms with Gasteiger partial charge in [-0.15, -0.1) is 0 Å². The summed E-state index contributed by atoms with van der Waals surface area (Å²) in [5, 5.41) is 10.8. The van der Waals surface area contributed by atoms with Crippen molar-refractivity contribution in [1.82, 2.24) is 0 Å². The number of anilines is 1. The third-order valence-corrected chi connectivity index (χ3v) is 14.2. The third kappa shape index (κ3) is 7.40. The zero-order valence-corrected chi connectivity index (χ0v) is 28.9. The highest BCUT2D eigenvalue weighted by Crippen LogP contribution is 2.48. The molecule has 1 amide bonds. The first-order valence-electron chi connectivity index (χ1n) is 16.1. The van der Waals surface area contributed by atoms with Crippen molar-refractivity contribution >= 4 is 25.7 Å². The van der Waals surface area contributed by atoms with Crippen molar-refractivity contribution in [2.24, 2.45) is 5.92 Å². The minimum Gasteiger partial charge on any atom is -0.497 e. The zero-order chi connectivity index (χ0) is 33.9. The zero-order valence-electron chi connectivity index (χ0n) is 27.9. The van der Waals surface area contributed by atoms with Crippen molar-refractivity contribution in [1.29, 1.82) is 0 Å². The topological polar surface area (TPSA) is 76.1 Å². The molecule has 0 aliphatic carbocycles. The minimum atomic E-state index is -2.20. The number of methoxy groups -OCH3 is 1. The van der Waals surface area contributed by atoms with E-state index >= 15 is 0 Å². The van der Waals surface area contributed by atoms with Crippen LogP contribution in [0.1, 0.15) is 78.9 Å². The molecule has 1 aliphatic heterocycles. The predicted octanol–water partition coefficient (Wildman–Crippen LogP) is 9.00. The molecular weight excluding hydrogens is 610 g/mol. The molecule has 0 aromatic heterocycles. The number of aliphatic hydroxyl groups is 1. The van der Waals surface area contributed by atoms with E-state index in [1.54, 1.807) is 72.7 Å². The van der Waals surface area contributed by atoms with Gasteiger partial charge in [0.15, 0.2) is 14.1 Å². The number of carbonyl (C=O) groups excluding carboxylic acids is 2. The van der Waals surface area contributed by atoms with Gasteiger partial charge in [0.2, 0.25) is 5.91 Å². The number of hydrogen-bond acceptors (Lipinski definition) is 5. The monoisotopic (exact) mass is 653 g/mol. The normalized spacial score (nSPS) is 18.0. The van der Waals surface area contributed by atoms with Crippen LogP contribution < -0.4 is 9.64 Å². The number of Topliss-reactive ketones (excluding diaryl/α,β-unsaturated/α-hetero) is 1. The molecule has 1 aliphatic rings. The van der Waals surface area contributed by atoms with E-state index < -0.39 is 14.4 Å². The van der Waals surface area contributed by atoms with Crippen LogP contribution in [-0.4, -0.2) is 32.2 Å². The molecule has 0 bridgehead atoms. The first kappa shape index (κ1) is 34.2. The number of amides is 1. The van der Waals surface area contributed by atoms with Crippen LogP contribution in [0.3, 0.4) is 0 Å². The first-order valence-corrected chi connectivity index (χ1v) is 19.0. The first-order chi connectivity index (χ1) is 22.3. The highest BCUT2D eigenvalue weighted by atomic mass is 28.4. The van der Waals surface area contributed by atoms with Crippen LogP contribution in [0.15, 0.2) is 103 Å². The quantitative estimate of drug-likeness (QED) is 0.0939. The fraction of sp³-hybridized carbons (Fsp3) is 0.333. The summed E-state index contributed by atoms with van der Waals surface area (Å²) in [6, 6.07) is 29.6. The van der Waals surface area contributed by atoms with Gasteiger partial charge in [-0.25, -0.2) is 4.39 Å². The smallest absolute Gasteiger partial charge is 0.233 e. The number of benzene rings is 4. The average Bonchev–Trinajstić information content (AvgIpc) is 3.06. The van der Waals surface area contributed by atoms with Crippen molar-refractivity contribution in [2.75, 3.05) is 12.0 Å². The average molecular weight is 654 g/mol. The minimum absolute atomic E-state index is 0.00957. The Hall–Kier alpha value is -4.11. The van der Waals surface area contributed by atoms with E-state index in [4.69, 9.17) is 9.16 Å². The second kappa shape index (κ2) is 13.9. The third-order valence-electron chi connectivity index (χ3n) is 9.69. The molecule has 1 heterocycles. The highest BCUT2D eigenvalue weighted by molar-refractivity contribution is 6.74. The number of carbonyl (C=O) groups is 2. The number of ketones is 1. The molecule has 0 radical (unpaired) electrons. The summed E-state index contributed by atoms with van der Waals surface area (Å²) >= 11 is 0. The standard InChI is InChI=1S/C39H44FNO5Si/c1-39(2,3)47(5,6)46-34(26-12-18-30(40)19-13-26)25-24-33-35(27-16-22-32(45-4)23-17-27)41(38(33)44)31-20-14-29(15-21-31)37(43)36(42)28-10-8-7-9-11-28/h7-23,33-35,37,43H,24-25H2,1-6H3. The maximum absolute atomic E-state index is 13.9. The molecular formula is C39H44FNO5Si. The van der Waals surface area contributed by atoms with Crippen molar-refractivity contribution in [3.05, 3.63) is 131 Å². The van der Waals surface area contributed by atoms with Gasteiger partial charge in [0.1, 0.15) is 17.7 Å². The largest absolute Gasteiger partial charge is 0.497 e. The van der Waals surface area contributed by atoms with E-state index in [0.717, 1.165) is 16.9 Å². The van der Waals surface area contributed by atoms with E-state index in [-0.39, 0.29) is 40.6 Å². The lowest BCUT2D eigenvalue weighted by atomic mass is 9.78. The van der Waals surface area contributed by atoms with E-state index in [1.807, 2.05) is 30.3 Å². The number of hydrogen-bond donors (Lipinski definition) is 1. The van der Waals surface area contributed by atoms with Gasteiger partial charge >= 0.3 is 0 Å². The van der Waals surface area contributed by atoms with Crippen LogP contribution in [0.25, 0.3) is 0 Å². The number of aliphatic hydroxyl groups excluding tert-OH is 1. The van der Waals surface area contributed by atoms with Gasteiger partial charge in [0.05, 0.1) is 25.2 Å². The number of halogens is 1.